The number of nitrogens with zero attached hydrogens (tertiary/aromatic N) is 4. The molecular weight excluding hydrogens is 538 g/mol. The van der Waals surface area contributed by atoms with Crippen LogP contribution in [0, 0.1) is 5.92 Å². The van der Waals surface area contributed by atoms with Crippen LogP contribution in [-0.4, -0.2) is 82.6 Å². The standard InChI is InChI=1S/C31H33N5O6/c37-27(36-12-7-30(18-28(36)38)20-33-42-26-4-2-1-3-24(26)30)17-22(15-21-5-6-25-23(16-21)19-32-34-25)29(39)35-10-8-31(9-11-35)40-13-14-41-31/h1-6,16,19-20,22H,7-15,17-18H2,(H,32,34). The minimum Gasteiger partial charge on any atom is -0.357 e. The highest BCUT2D eigenvalue weighted by atomic mass is 16.7. The largest absolute Gasteiger partial charge is 0.357 e. The zero-order valence-electron chi connectivity index (χ0n) is 23.3. The Balaban J connectivity index is 1.08. The van der Waals surface area contributed by atoms with Gasteiger partial charge in [-0.3, -0.25) is 24.4 Å². The van der Waals surface area contributed by atoms with E-state index >= 15 is 0 Å². The van der Waals surface area contributed by atoms with Gasteiger partial charge in [-0.2, -0.15) is 5.10 Å². The number of oxime groups is 1. The van der Waals surface area contributed by atoms with Crippen molar-refractivity contribution in [2.75, 3.05) is 32.8 Å². The fourth-order valence-electron chi connectivity index (χ4n) is 6.79. The SMILES string of the molecule is O=C(C(CC(=O)N1CCC2(C=NOc3ccccc32)CC1=O)Cc1ccc2[nH]ncc2c1)N1CCC2(CC1)OCCO2. The summed E-state index contributed by atoms with van der Waals surface area (Å²) in [5, 5.41) is 12.0. The summed E-state index contributed by atoms with van der Waals surface area (Å²) in [4.78, 5) is 49.7. The number of benzene rings is 2. The molecule has 3 saturated heterocycles. The van der Waals surface area contributed by atoms with E-state index in [9.17, 15) is 14.4 Å². The third-order valence-corrected chi connectivity index (χ3v) is 9.13. The average molecular weight is 572 g/mol. The average Bonchev–Trinajstić information content (AvgIpc) is 3.67. The quantitative estimate of drug-likeness (QED) is 0.499. The number of nitrogens with one attached hydrogen (secondary N) is 1. The van der Waals surface area contributed by atoms with Crippen molar-refractivity contribution in [2.45, 2.75) is 49.7 Å². The van der Waals surface area contributed by atoms with E-state index in [0.717, 1.165) is 22.0 Å². The van der Waals surface area contributed by atoms with Crippen molar-refractivity contribution >= 4 is 34.8 Å². The van der Waals surface area contributed by atoms with E-state index in [-0.39, 0.29) is 37.1 Å². The molecule has 3 aromatic rings. The number of carbonyl (C=O) groups excluding carboxylic acids is 3. The van der Waals surface area contributed by atoms with Crippen LogP contribution in [-0.2, 0) is 35.7 Å². The molecule has 3 amide bonds. The van der Waals surface area contributed by atoms with Crippen LogP contribution in [0.15, 0.2) is 53.8 Å². The lowest BCUT2D eigenvalue weighted by atomic mass is 9.72. The summed E-state index contributed by atoms with van der Waals surface area (Å²) in [7, 11) is 0. The number of hydrogen-bond donors (Lipinski definition) is 1. The number of likely N-dealkylation sites (tertiary alicyclic amines) is 2. The zero-order chi connectivity index (χ0) is 28.7. The molecule has 11 nitrogen and oxygen atoms in total. The molecule has 5 heterocycles. The van der Waals surface area contributed by atoms with Crippen LogP contribution in [0.5, 0.6) is 5.75 Å². The lowest BCUT2D eigenvalue weighted by Gasteiger charge is -2.40. The summed E-state index contributed by atoms with van der Waals surface area (Å²) < 4.78 is 11.7. The maximum Gasteiger partial charge on any atom is 0.230 e. The summed E-state index contributed by atoms with van der Waals surface area (Å²) >= 11 is 0. The van der Waals surface area contributed by atoms with Gasteiger partial charge in [-0.1, -0.05) is 29.4 Å². The summed E-state index contributed by atoms with van der Waals surface area (Å²) in [6.07, 6.45) is 5.61. The molecule has 2 aromatic carbocycles. The monoisotopic (exact) mass is 571 g/mol. The van der Waals surface area contributed by atoms with Crippen LogP contribution in [0.25, 0.3) is 10.9 Å². The predicted molar refractivity (Wildman–Crippen MR) is 152 cm³/mol. The number of amides is 3. The zero-order valence-corrected chi connectivity index (χ0v) is 23.3. The molecule has 11 heteroatoms. The lowest BCUT2D eigenvalue weighted by Crippen LogP contribution is -2.52. The van der Waals surface area contributed by atoms with E-state index in [2.05, 4.69) is 15.4 Å². The Bertz CT molecular complexity index is 1550. The van der Waals surface area contributed by atoms with E-state index in [1.54, 1.807) is 12.4 Å². The Morgan fingerprint density at radius 1 is 1.02 bits per heavy atom. The molecule has 2 atom stereocenters. The molecule has 0 bridgehead atoms. The second-order valence-corrected chi connectivity index (χ2v) is 11.7. The third-order valence-electron chi connectivity index (χ3n) is 9.13. The Labute approximate surface area is 242 Å². The number of rotatable bonds is 5. The van der Waals surface area contributed by atoms with Gasteiger partial charge < -0.3 is 19.2 Å². The minimum absolute atomic E-state index is 0.0522. The van der Waals surface area contributed by atoms with Crippen molar-refractivity contribution < 1.29 is 28.7 Å². The van der Waals surface area contributed by atoms with Gasteiger partial charge in [0, 0.05) is 61.7 Å². The van der Waals surface area contributed by atoms with Gasteiger partial charge in [0.05, 0.1) is 37.1 Å². The lowest BCUT2D eigenvalue weighted by molar-refractivity contribution is -0.188. The molecule has 0 aliphatic carbocycles. The number of para-hydroxylation sites is 1. The second-order valence-electron chi connectivity index (χ2n) is 11.7. The van der Waals surface area contributed by atoms with E-state index < -0.39 is 17.1 Å². The molecule has 0 radical (unpaired) electrons. The van der Waals surface area contributed by atoms with E-state index in [1.165, 1.54) is 4.90 Å². The number of hydrogen-bond acceptors (Lipinski definition) is 8. The van der Waals surface area contributed by atoms with Gasteiger partial charge in [-0.25, -0.2) is 0 Å². The van der Waals surface area contributed by atoms with Gasteiger partial charge in [0.2, 0.25) is 17.7 Å². The Kier molecular flexibility index (Phi) is 6.78. The van der Waals surface area contributed by atoms with E-state index in [1.807, 2.05) is 47.4 Å². The number of aromatic nitrogens is 2. The van der Waals surface area contributed by atoms with Crippen LogP contribution in [0.4, 0.5) is 0 Å². The topological polar surface area (TPSA) is 126 Å². The minimum atomic E-state index is -0.615. The molecule has 2 spiro atoms. The maximum absolute atomic E-state index is 13.9. The molecule has 0 saturated carbocycles. The fourth-order valence-corrected chi connectivity index (χ4v) is 6.79. The number of ether oxygens (including phenoxy) is 2. The van der Waals surface area contributed by atoms with Crippen LogP contribution >= 0.6 is 0 Å². The summed E-state index contributed by atoms with van der Waals surface area (Å²) in [6.45, 7) is 2.38. The summed E-state index contributed by atoms with van der Waals surface area (Å²) in [6, 6.07) is 13.4. The first-order chi connectivity index (χ1) is 20.4. The van der Waals surface area contributed by atoms with Gasteiger partial charge in [0.15, 0.2) is 11.5 Å². The highest BCUT2D eigenvalue weighted by Crippen LogP contribution is 2.42. The Hall–Kier alpha value is -4.09. The van der Waals surface area contributed by atoms with Gasteiger partial charge in [0.25, 0.3) is 0 Å². The number of fused-ring (bicyclic) bond motifs is 3. The molecule has 218 valence electrons. The van der Waals surface area contributed by atoms with E-state index in [0.29, 0.717) is 57.7 Å². The number of H-pyrrole nitrogens is 1. The Morgan fingerprint density at radius 2 is 1.83 bits per heavy atom. The van der Waals surface area contributed by atoms with Gasteiger partial charge in [-0.05, 0) is 36.6 Å². The number of carbonyl (C=O) groups is 3. The normalized spacial score (nSPS) is 23.8. The molecule has 7 rings (SSSR count). The molecule has 4 aliphatic rings. The van der Waals surface area contributed by atoms with Crippen LogP contribution in [0.3, 0.4) is 0 Å². The molecular formula is C31H33N5O6. The van der Waals surface area contributed by atoms with Crippen molar-refractivity contribution in [1.29, 1.82) is 0 Å². The van der Waals surface area contributed by atoms with Crippen molar-refractivity contribution in [3.63, 3.8) is 0 Å². The van der Waals surface area contributed by atoms with Crippen molar-refractivity contribution in [3.05, 3.63) is 59.8 Å². The van der Waals surface area contributed by atoms with Crippen LogP contribution in [0.1, 0.15) is 43.2 Å². The molecule has 1 aromatic heterocycles. The molecule has 1 N–H and O–H groups in total. The number of piperidine rings is 2. The molecule has 4 aliphatic heterocycles. The van der Waals surface area contributed by atoms with Crippen molar-refractivity contribution in [1.82, 2.24) is 20.0 Å². The summed E-state index contributed by atoms with van der Waals surface area (Å²) in [5.74, 6) is -1.27. The van der Waals surface area contributed by atoms with Crippen LogP contribution < -0.4 is 4.84 Å². The van der Waals surface area contributed by atoms with Crippen molar-refractivity contribution in [3.8, 4) is 5.75 Å². The third kappa shape index (κ3) is 4.86. The first kappa shape index (κ1) is 26.8. The van der Waals surface area contributed by atoms with Crippen LogP contribution in [0.2, 0.25) is 0 Å². The first-order valence-corrected chi connectivity index (χ1v) is 14.6. The second kappa shape index (κ2) is 10.6. The van der Waals surface area contributed by atoms with Gasteiger partial charge in [-0.15, -0.1) is 0 Å². The van der Waals surface area contributed by atoms with Gasteiger partial charge >= 0.3 is 0 Å². The molecule has 2 unspecified atom stereocenters. The van der Waals surface area contributed by atoms with E-state index in [4.69, 9.17) is 14.3 Å². The highest BCUT2D eigenvalue weighted by Gasteiger charge is 2.46. The molecule has 42 heavy (non-hydrogen) atoms. The fraction of sp³-hybridized carbons (Fsp3) is 0.452. The van der Waals surface area contributed by atoms with Crippen molar-refractivity contribution in [2.24, 2.45) is 11.1 Å². The predicted octanol–water partition coefficient (Wildman–Crippen LogP) is 2.94. The van der Waals surface area contributed by atoms with Gasteiger partial charge in [0.1, 0.15) is 0 Å². The number of aromatic amines is 1. The number of imide groups is 1. The first-order valence-electron chi connectivity index (χ1n) is 14.6. The maximum atomic E-state index is 13.9. The molecule has 3 fully saturated rings. The highest BCUT2D eigenvalue weighted by molar-refractivity contribution is 6.00. The Morgan fingerprint density at radius 3 is 2.64 bits per heavy atom. The smallest absolute Gasteiger partial charge is 0.230 e. The summed E-state index contributed by atoms with van der Waals surface area (Å²) in [5.41, 5.74) is 2.14.